The summed E-state index contributed by atoms with van der Waals surface area (Å²) in [6.45, 7) is 24.9. The number of hydrogen-bond acceptors (Lipinski definition) is 3. The predicted octanol–water partition coefficient (Wildman–Crippen LogP) is 7.70. The Morgan fingerprint density at radius 3 is 1.47 bits per heavy atom. The van der Waals surface area contributed by atoms with E-state index in [1.165, 1.54) is 12.1 Å². The van der Waals surface area contributed by atoms with Crippen molar-refractivity contribution in [3.8, 4) is 5.75 Å². The normalized spacial score (nSPS) is 16.1. The summed E-state index contributed by atoms with van der Waals surface area (Å²) in [5.74, 6) is 0.653. The van der Waals surface area contributed by atoms with E-state index in [2.05, 4.69) is 72.8 Å². The molecule has 0 radical (unpaired) electrons. The van der Waals surface area contributed by atoms with Crippen molar-refractivity contribution < 1.29 is 18.7 Å². The zero-order valence-electron chi connectivity index (χ0n) is 24.6. The lowest BCUT2D eigenvalue weighted by atomic mass is 9.80. The van der Waals surface area contributed by atoms with Gasteiger partial charge in [0.05, 0.1) is 29.9 Å². The minimum atomic E-state index is -2.13. The van der Waals surface area contributed by atoms with E-state index in [-0.39, 0.29) is 17.8 Å². The second kappa shape index (κ2) is 11.0. The maximum Gasteiger partial charge on any atom is 0.158 e. The van der Waals surface area contributed by atoms with Crippen LogP contribution in [-0.2, 0) is 10.0 Å². The first-order chi connectivity index (χ1) is 16.3. The van der Waals surface area contributed by atoms with Crippen molar-refractivity contribution in [2.45, 2.75) is 90.9 Å². The zero-order valence-corrected chi connectivity index (χ0v) is 28.6. The maximum absolute atomic E-state index is 13.9. The molecule has 36 heavy (non-hydrogen) atoms. The lowest BCUT2D eigenvalue weighted by Crippen LogP contribution is -2.85. The molecule has 0 aliphatic heterocycles. The second-order valence-electron chi connectivity index (χ2n) is 13.6. The maximum atomic E-state index is 13.9. The third kappa shape index (κ3) is 6.15. The Bertz CT molecular complexity index is 954. The second-order valence-corrected chi connectivity index (χ2v) is 53.1. The molecule has 0 amide bonds. The molecular weight excluding hydrogens is 516 g/mol. The first kappa shape index (κ1) is 31.2. The standard InChI is InChI=1S/C28H49FO3Si4/c1-22(2)27(32-36(33(4,5)6,34(7,8)9)35(10,11)12)21-28(30,23-13-17-25(29)18-14-23)24-15-19-26(31-3)20-16-24/h13-20,22,27,30H,21H2,1-12H3/t27-,28+/m1/s1. The number of aliphatic hydroxyl groups is 1. The summed E-state index contributed by atoms with van der Waals surface area (Å²) in [5, 5.41) is 12.4. The zero-order chi connectivity index (χ0) is 27.7. The van der Waals surface area contributed by atoms with Crippen LogP contribution in [0.4, 0.5) is 4.39 Å². The van der Waals surface area contributed by atoms with E-state index in [9.17, 15) is 9.50 Å². The first-order valence-corrected chi connectivity index (χ1v) is 28.5. The average Bonchev–Trinajstić information content (AvgIpc) is 2.74. The monoisotopic (exact) mass is 564 g/mol. The van der Waals surface area contributed by atoms with Crippen LogP contribution in [0.3, 0.4) is 0 Å². The molecule has 0 aromatic heterocycles. The van der Waals surface area contributed by atoms with Crippen molar-refractivity contribution in [1.29, 1.82) is 0 Å². The van der Waals surface area contributed by atoms with Gasteiger partial charge in [0, 0.05) is 12.5 Å². The first-order valence-electron chi connectivity index (χ1n) is 13.1. The number of ether oxygens (including phenoxy) is 1. The quantitative estimate of drug-likeness (QED) is 0.284. The summed E-state index contributed by atoms with van der Waals surface area (Å²) >= 11 is 0. The van der Waals surface area contributed by atoms with Gasteiger partial charge in [-0.25, -0.2) is 4.39 Å². The highest BCUT2D eigenvalue weighted by Gasteiger charge is 2.64. The molecule has 2 rings (SSSR count). The lowest BCUT2D eigenvalue weighted by Gasteiger charge is -2.58. The average molecular weight is 565 g/mol. The SMILES string of the molecule is COc1ccc([C@](O)(C[C@@H](O[Si]([Si](C)(C)C)([Si](C)(C)C)[Si](C)(C)C)C(C)C)c2ccc(F)cc2)cc1. The van der Waals surface area contributed by atoms with Crippen LogP contribution in [0, 0.1) is 11.7 Å². The molecule has 0 aliphatic carbocycles. The molecule has 2 aromatic rings. The summed E-state index contributed by atoms with van der Waals surface area (Å²) in [7, 11) is -3.40. The fourth-order valence-electron chi connectivity index (χ4n) is 6.83. The van der Waals surface area contributed by atoms with Gasteiger partial charge >= 0.3 is 0 Å². The molecule has 0 aliphatic rings. The molecule has 8 heteroatoms. The highest BCUT2D eigenvalue weighted by Crippen LogP contribution is 2.43. The number of benzene rings is 2. The molecular formula is C28H49FO3Si4. The van der Waals surface area contributed by atoms with Gasteiger partial charge in [-0.3, -0.25) is 0 Å². The van der Waals surface area contributed by atoms with Crippen LogP contribution in [0.5, 0.6) is 5.75 Å². The van der Waals surface area contributed by atoms with Crippen LogP contribution in [0.15, 0.2) is 48.5 Å². The van der Waals surface area contributed by atoms with Gasteiger partial charge in [-0.1, -0.05) is 97.0 Å². The molecule has 2 aromatic carbocycles. The van der Waals surface area contributed by atoms with Gasteiger partial charge in [0.15, 0.2) is 6.87 Å². The summed E-state index contributed by atoms with van der Waals surface area (Å²) < 4.78 is 26.9. The number of halogens is 1. The molecule has 0 spiro atoms. The molecule has 0 bridgehead atoms. The lowest BCUT2D eigenvalue weighted by molar-refractivity contribution is 0.0112. The third-order valence-corrected chi connectivity index (χ3v) is 75.2. The van der Waals surface area contributed by atoms with E-state index in [4.69, 9.17) is 9.16 Å². The fourth-order valence-corrected chi connectivity index (χ4v) is 101. The highest BCUT2D eigenvalue weighted by atomic mass is 29.9. The van der Waals surface area contributed by atoms with Gasteiger partial charge in [0.1, 0.15) is 17.2 Å². The van der Waals surface area contributed by atoms with Crippen molar-refractivity contribution in [2.24, 2.45) is 5.92 Å². The number of methoxy groups -OCH3 is 1. The van der Waals surface area contributed by atoms with Crippen molar-refractivity contribution in [3.05, 3.63) is 65.5 Å². The molecule has 0 saturated heterocycles. The van der Waals surface area contributed by atoms with Crippen LogP contribution in [0.25, 0.3) is 0 Å². The predicted molar refractivity (Wildman–Crippen MR) is 163 cm³/mol. The minimum Gasteiger partial charge on any atom is -0.497 e. The van der Waals surface area contributed by atoms with Crippen LogP contribution in [-0.4, -0.2) is 48.0 Å². The minimum absolute atomic E-state index is 0.112. The third-order valence-electron chi connectivity index (χ3n) is 7.63. The van der Waals surface area contributed by atoms with Gasteiger partial charge in [0.25, 0.3) is 0 Å². The highest BCUT2D eigenvalue weighted by molar-refractivity contribution is 7.87. The number of hydrogen-bond donors (Lipinski definition) is 1. The summed E-state index contributed by atoms with van der Waals surface area (Å²) in [5.41, 5.74) is 0.142. The Morgan fingerprint density at radius 2 is 1.14 bits per heavy atom. The smallest absolute Gasteiger partial charge is 0.158 e. The van der Waals surface area contributed by atoms with E-state index in [1.807, 2.05) is 24.3 Å². The Morgan fingerprint density at radius 1 is 0.750 bits per heavy atom. The van der Waals surface area contributed by atoms with E-state index in [0.29, 0.717) is 12.0 Å². The van der Waals surface area contributed by atoms with Gasteiger partial charge in [-0.05, 0) is 41.3 Å². The van der Waals surface area contributed by atoms with E-state index >= 15 is 0 Å². The Balaban J connectivity index is 2.71. The van der Waals surface area contributed by atoms with E-state index < -0.39 is 35.2 Å². The Kier molecular flexibility index (Phi) is 9.51. The van der Waals surface area contributed by atoms with Gasteiger partial charge in [-0.2, -0.15) is 0 Å². The molecule has 1 N–H and O–H groups in total. The molecule has 2 atom stereocenters. The summed E-state index contributed by atoms with van der Waals surface area (Å²) in [6.07, 6.45) is 0.315. The fraction of sp³-hybridized carbons (Fsp3) is 0.571. The number of rotatable bonds is 11. The van der Waals surface area contributed by atoms with Crippen molar-refractivity contribution >= 4 is 29.6 Å². The summed E-state index contributed by atoms with van der Waals surface area (Å²) in [6, 6.07) is 13.9. The molecule has 0 unspecified atom stereocenters. The Labute approximate surface area is 223 Å². The van der Waals surface area contributed by atoms with Crippen LogP contribution < -0.4 is 4.74 Å². The Hall–Kier alpha value is -1.04. The molecule has 202 valence electrons. The summed E-state index contributed by atoms with van der Waals surface area (Å²) in [4.78, 5) is 0. The molecule has 0 saturated carbocycles. The largest absolute Gasteiger partial charge is 0.497 e. The molecule has 0 heterocycles. The van der Waals surface area contributed by atoms with Gasteiger partial charge < -0.3 is 14.3 Å². The van der Waals surface area contributed by atoms with E-state index in [0.717, 1.165) is 11.3 Å². The topological polar surface area (TPSA) is 38.7 Å². The molecule has 3 nitrogen and oxygen atoms in total. The molecule has 0 fully saturated rings. The van der Waals surface area contributed by atoms with Gasteiger partial charge in [0.2, 0.25) is 0 Å². The van der Waals surface area contributed by atoms with Crippen molar-refractivity contribution in [3.63, 3.8) is 0 Å². The van der Waals surface area contributed by atoms with Gasteiger partial charge in [-0.15, -0.1) is 0 Å². The van der Waals surface area contributed by atoms with Crippen LogP contribution in [0.1, 0.15) is 31.4 Å². The van der Waals surface area contributed by atoms with E-state index in [1.54, 1.807) is 19.2 Å². The van der Waals surface area contributed by atoms with Crippen molar-refractivity contribution in [2.75, 3.05) is 7.11 Å². The van der Waals surface area contributed by atoms with Crippen molar-refractivity contribution in [1.82, 2.24) is 0 Å². The van der Waals surface area contributed by atoms with Crippen LogP contribution in [0.2, 0.25) is 58.9 Å². The van der Waals surface area contributed by atoms with Crippen LogP contribution >= 0.6 is 0 Å².